The number of rotatable bonds is 2. The Morgan fingerprint density at radius 3 is 2.43 bits per heavy atom. The summed E-state index contributed by atoms with van der Waals surface area (Å²) in [4.78, 5) is 11.0. The van der Waals surface area contributed by atoms with Gasteiger partial charge in [0.2, 0.25) is 0 Å². The van der Waals surface area contributed by atoms with Gasteiger partial charge in [-0.1, -0.05) is 20.8 Å². The average Bonchev–Trinajstić information content (AvgIpc) is 2.20. The Balaban J connectivity index is 0.000000791. The summed E-state index contributed by atoms with van der Waals surface area (Å²) in [6, 6.07) is 0. The second kappa shape index (κ2) is 6.06. The molecule has 1 aliphatic heterocycles. The third-order valence-corrected chi connectivity index (χ3v) is 1.98. The second-order valence-corrected chi connectivity index (χ2v) is 3.01. The standard InChI is InChI=1S/C8H12F2O2.C2H6/c1-2-6(11)7-3-4-8(9,10)5-12-7;1-2/h7H,2-5H2,1H3;1-2H3. The minimum Gasteiger partial charge on any atom is -0.364 e. The first kappa shape index (κ1) is 13.5. The highest BCUT2D eigenvalue weighted by molar-refractivity contribution is 5.82. The summed E-state index contributed by atoms with van der Waals surface area (Å²) in [7, 11) is 0. The van der Waals surface area contributed by atoms with Crippen LogP contribution in [0.15, 0.2) is 0 Å². The monoisotopic (exact) mass is 208 g/mol. The predicted octanol–water partition coefficient (Wildman–Crippen LogP) is 2.81. The molecular formula is C10H18F2O2. The summed E-state index contributed by atoms with van der Waals surface area (Å²) >= 11 is 0. The lowest BCUT2D eigenvalue weighted by atomic mass is 10.0. The molecule has 0 radical (unpaired) electrons. The minimum atomic E-state index is -2.73. The van der Waals surface area contributed by atoms with Crippen molar-refractivity contribution in [3.63, 3.8) is 0 Å². The summed E-state index contributed by atoms with van der Waals surface area (Å²) in [5.74, 6) is -2.81. The largest absolute Gasteiger partial charge is 0.364 e. The van der Waals surface area contributed by atoms with E-state index in [9.17, 15) is 13.6 Å². The van der Waals surface area contributed by atoms with Crippen LogP contribution in [-0.4, -0.2) is 24.4 Å². The molecule has 0 N–H and O–H groups in total. The first-order valence-corrected chi connectivity index (χ1v) is 5.07. The van der Waals surface area contributed by atoms with E-state index < -0.39 is 18.6 Å². The number of carbonyl (C=O) groups excluding carboxylic acids is 1. The van der Waals surface area contributed by atoms with Gasteiger partial charge in [0, 0.05) is 12.8 Å². The molecule has 84 valence electrons. The van der Waals surface area contributed by atoms with E-state index in [0.717, 1.165) is 0 Å². The van der Waals surface area contributed by atoms with Gasteiger partial charge in [0.1, 0.15) is 12.7 Å². The summed E-state index contributed by atoms with van der Waals surface area (Å²) in [6.45, 7) is 5.10. The van der Waals surface area contributed by atoms with E-state index in [2.05, 4.69) is 0 Å². The number of alkyl halides is 2. The van der Waals surface area contributed by atoms with E-state index in [1.54, 1.807) is 6.92 Å². The van der Waals surface area contributed by atoms with Gasteiger partial charge in [-0.2, -0.15) is 0 Å². The lowest BCUT2D eigenvalue weighted by molar-refractivity contribution is -0.160. The molecule has 0 aromatic carbocycles. The van der Waals surface area contributed by atoms with E-state index in [0.29, 0.717) is 6.42 Å². The van der Waals surface area contributed by atoms with Crippen LogP contribution in [0.2, 0.25) is 0 Å². The van der Waals surface area contributed by atoms with Gasteiger partial charge in [0.25, 0.3) is 5.92 Å². The van der Waals surface area contributed by atoms with Gasteiger partial charge in [0.05, 0.1) is 0 Å². The zero-order valence-corrected chi connectivity index (χ0v) is 8.98. The average molecular weight is 208 g/mol. The van der Waals surface area contributed by atoms with Gasteiger partial charge in [-0.05, 0) is 6.42 Å². The topological polar surface area (TPSA) is 26.3 Å². The molecule has 1 atom stereocenters. The Morgan fingerprint density at radius 1 is 1.50 bits per heavy atom. The molecule has 0 spiro atoms. The van der Waals surface area contributed by atoms with E-state index in [-0.39, 0.29) is 18.6 Å². The zero-order valence-electron chi connectivity index (χ0n) is 8.98. The van der Waals surface area contributed by atoms with E-state index >= 15 is 0 Å². The van der Waals surface area contributed by atoms with Crippen molar-refractivity contribution >= 4 is 5.78 Å². The highest BCUT2D eigenvalue weighted by atomic mass is 19.3. The van der Waals surface area contributed by atoms with E-state index in [1.807, 2.05) is 13.8 Å². The Kier molecular flexibility index (Phi) is 5.84. The van der Waals surface area contributed by atoms with Crippen LogP contribution in [0, 0.1) is 0 Å². The minimum absolute atomic E-state index is 0.0782. The smallest absolute Gasteiger partial charge is 0.271 e. The second-order valence-electron chi connectivity index (χ2n) is 3.01. The van der Waals surface area contributed by atoms with Crippen molar-refractivity contribution in [3.8, 4) is 0 Å². The SMILES string of the molecule is CC.CCC(=O)C1CCC(F)(F)CO1. The predicted molar refractivity (Wildman–Crippen MR) is 50.6 cm³/mol. The highest BCUT2D eigenvalue weighted by Crippen LogP contribution is 2.28. The van der Waals surface area contributed by atoms with Crippen LogP contribution in [0.1, 0.15) is 40.0 Å². The molecule has 0 amide bonds. The fourth-order valence-corrected chi connectivity index (χ4v) is 1.20. The molecule has 0 aromatic heterocycles. The highest BCUT2D eigenvalue weighted by Gasteiger charge is 2.37. The quantitative estimate of drug-likeness (QED) is 0.697. The van der Waals surface area contributed by atoms with Gasteiger partial charge in [0.15, 0.2) is 5.78 Å². The Hall–Kier alpha value is -0.510. The van der Waals surface area contributed by atoms with Gasteiger partial charge in [-0.25, -0.2) is 8.78 Å². The maximum Gasteiger partial charge on any atom is 0.271 e. The van der Waals surface area contributed by atoms with Crippen molar-refractivity contribution in [2.45, 2.75) is 52.1 Å². The zero-order chi connectivity index (χ0) is 11.2. The molecule has 0 bridgehead atoms. The van der Waals surface area contributed by atoms with Gasteiger partial charge in [-0.15, -0.1) is 0 Å². The van der Waals surface area contributed by atoms with E-state index in [4.69, 9.17) is 4.74 Å². The molecule has 0 saturated carbocycles. The van der Waals surface area contributed by atoms with Crippen molar-refractivity contribution in [3.05, 3.63) is 0 Å². The Morgan fingerprint density at radius 2 is 2.07 bits per heavy atom. The molecule has 1 heterocycles. The van der Waals surface area contributed by atoms with Crippen LogP contribution in [-0.2, 0) is 9.53 Å². The van der Waals surface area contributed by atoms with Crippen molar-refractivity contribution in [1.29, 1.82) is 0 Å². The maximum absolute atomic E-state index is 12.5. The first-order chi connectivity index (χ1) is 6.55. The molecule has 1 aliphatic rings. The molecule has 1 fully saturated rings. The lowest BCUT2D eigenvalue weighted by Gasteiger charge is -2.27. The van der Waals surface area contributed by atoms with Gasteiger partial charge in [-0.3, -0.25) is 4.79 Å². The van der Waals surface area contributed by atoms with Gasteiger partial charge >= 0.3 is 0 Å². The van der Waals surface area contributed by atoms with Crippen LogP contribution in [0.5, 0.6) is 0 Å². The molecule has 4 heteroatoms. The molecule has 1 rings (SSSR count). The van der Waals surface area contributed by atoms with Crippen molar-refractivity contribution in [2.24, 2.45) is 0 Å². The summed E-state index contributed by atoms with van der Waals surface area (Å²) in [5, 5.41) is 0. The van der Waals surface area contributed by atoms with Crippen LogP contribution in [0.3, 0.4) is 0 Å². The number of hydrogen-bond donors (Lipinski definition) is 0. The van der Waals surface area contributed by atoms with Crippen LogP contribution in [0.4, 0.5) is 8.78 Å². The van der Waals surface area contributed by atoms with Crippen LogP contribution in [0.25, 0.3) is 0 Å². The van der Waals surface area contributed by atoms with Crippen molar-refractivity contribution < 1.29 is 18.3 Å². The fraction of sp³-hybridized carbons (Fsp3) is 0.900. The van der Waals surface area contributed by atoms with Gasteiger partial charge < -0.3 is 4.74 Å². The fourth-order valence-electron chi connectivity index (χ4n) is 1.20. The summed E-state index contributed by atoms with van der Waals surface area (Å²) < 4.78 is 29.8. The van der Waals surface area contributed by atoms with Crippen LogP contribution < -0.4 is 0 Å². The Bertz CT molecular complexity index is 171. The number of Topliss-reactive ketones (excluding diaryl/α,β-unsaturated/α-hetero) is 1. The number of ketones is 1. The summed E-state index contributed by atoms with van der Waals surface area (Å²) in [5.41, 5.74) is 0. The molecule has 1 saturated heterocycles. The first-order valence-electron chi connectivity index (χ1n) is 5.07. The third kappa shape index (κ3) is 4.13. The normalized spacial score (nSPS) is 24.8. The molecule has 1 unspecified atom stereocenters. The number of halogens is 2. The Labute approximate surface area is 83.6 Å². The number of carbonyl (C=O) groups is 1. The van der Waals surface area contributed by atoms with Crippen LogP contribution >= 0.6 is 0 Å². The van der Waals surface area contributed by atoms with E-state index in [1.165, 1.54) is 0 Å². The summed E-state index contributed by atoms with van der Waals surface area (Å²) in [6.07, 6.45) is -0.311. The molecule has 0 aliphatic carbocycles. The van der Waals surface area contributed by atoms with Crippen molar-refractivity contribution in [1.82, 2.24) is 0 Å². The number of ether oxygens (including phenoxy) is 1. The number of hydrogen-bond acceptors (Lipinski definition) is 2. The van der Waals surface area contributed by atoms with Crippen molar-refractivity contribution in [2.75, 3.05) is 6.61 Å². The molecule has 0 aromatic rings. The third-order valence-electron chi connectivity index (χ3n) is 1.98. The maximum atomic E-state index is 12.5. The molecule has 2 nitrogen and oxygen atoms in total. The molecule has 14 heavy (non-hydrogen) atoms. The molecular weight excluding hydrogens is 190 g/mol. The lowest BCUT2D eigenvalue weighted by Crippen LogP contribution is -2.38.